The van der Waals surface area contributed by atoms with Gasteiger partial charge in [-0.05, 0) is 72.9 Å². The molecular weight excluding hydrogens is 588 g/mol. The standard InChI is InChI=1S/C27H15Cl4N3O3S/c28-15-12-20(30)25-21(13-15)33-26(37-25)14-3-1-4-16(11-14)32-27(38)34-23(35)10-8-17-7-9-22(36-17)18-5-2-6-19(29)24(18)31/h1-13H,(H2,32,34,35,38). The normalized spacial score (nSPS) is 11.3. The van der Waals surface area contributed by atoms with Crippen LogP contribution in [0.15, 0.2) is 81.6 Å². The third-order valence-corrected chi connectivity index (χ3v) is 6.78. The molecule has 3 aromatic carbocycles. The fourth-order valence-electron chi connectivity index (χ4n) is 3.57. The second kappa shape index (κ2) is 11.2. The van der Waals surface area contributed by atoms with Crippen molar-refractivity contribution in [1.82, 2.24) is 10.3 Å². The van der Waals surface area contributed by atoms with Crippen molar-refractivity contribution < 1.29 is 13.6 Å². The van der Waals surface area contributed by atoms with Gasteiger partial charge in [-0.2, -0.15) is 0 Å². The van der Waals surface area contributed by atoms with E-state index in [1.165, 1.54) is 12.2 Å². The van der Waals surface area contributed by atoms with Crippen molar-refractivity contribution in [3.8, 4) is 22.8 Å². The molecule has 2 aromatic heterocycles. The summed E-state index contributed by atoms with van der Waals surface area (Å²) in [5, 5.41) is 7.32. The number of anilines is 1. The number of thiocarbonyl (C=S) groups is 1. The lowest BCUT2D eigenvalue weighted by Gasteiger charge is -2.08. The van der Waals surface area contributed by atoms with Gasteiger partial charge >= 0.3 is 0 Å². The zero-order valence-corrected chi connectivity index (χ0v) is 22.9. The van der Waals surface area contributed by atoms with Gasteiger partial charge in [0.15, 0.2) is 10.7 Å². The van der Waals surface area contributed by atoms with Crippen LogP contribution in [-0.2, 0) is 4.79 Å². The molecule has 0 aliphatic carbocycles. The van der Waals surface area contributed by atoms with Crippen molar-refractivity contribution in [2.75, 3.05) is 5.32 Å². The van der Waals surface area contributed by atoms with E-state index >= 15 is 0 Å². The number of amides is 1. The summed E-state index contributed by atoms with van der Waals surface area (Å²) in [6, 6.07) is 19.2. The number of hydrogen-bond donors (Lipinski definition) is 2. The highest BCUT2D eigenvalue weighted by molar-refractivity contribution is 7.80. The number of halogens is 4. The number of furan rings is 1. The number of carbonyl (C=O) groups excluding carboxylic acids is 1. The summed E-state index contributed by atoms with van der Waals surface area (Å²) in [5.74, 6) is 0.905. The molecule has 5 rings (SSSR count). The summed E-state index contributed by atoms with van der Waals surface area (Å²) >= 11 is 29.9. The van der Waals surface area contributed by atoms with E-state index in [9.17, 15) is 4.79 Å². The van der Waals surface area contributed by atoms with Crippen molar-refractivity contribution in [2.45, 2.75) is 0 Å². The maximum absolute atomic E-state index is 12.4. The molecule has 0 fully saturated rings. The molecule has 0 bridgehead atoms. The first kappa shape index (κ1) is 26.3. The van der Waals surface area contributed by atoms with E-state index in [4.69, 9.17) is 67.5 Å². The quantitative estimate of drug-likeness (QED) is 0.154. The Bertz CT molecular complexity index is 1730. The molecule has 0 spiro atoms. The number of nitrogens with zero attached hydrogens (tertiary/aromatic N) is 1. The Morgan fingerprint density at radius 3 is 2.58 bits per heavy atom. The molecule has 0 radical (unpaired) electrons. The van der Waals surface area contributed by atoms with Crippen molar-refractivity contribution in [3.05, 3.63) is 98.7 Å². The molecule has 0 atom stereocenters. The van der Waals surface area contributed by atoms with Gasteiger partial charge in [0.2, 0.25) is 11.8 Å². The Balaban J connectivity index is 1.22. The number of aromatic nitrogens is 1. The number of carbonyl (C=O) groups is 1. The molecular formula is C27H15Cl4N3O3S. The van der Waals surface area contributed by atoms with Crippen LogP contribution in [0.1, 0.15) is 5.76 Å². The van der Waals surface area contributed by atoms with E-state index in [0.29, 0.717) is 65.4 Å². The number of nitrogens with one attached hydrogen (secondary N) is 2. The van der Waals surface area contributed by atoms with E-state index in [0.717, 1.165) is 0 Å². The van der Waals surface area contributed by atoms with Gasteiger partial charge in [0.25, 0.3) is 0 Å². The maximum Gasteiger partial charge on any atom is 0.250 e. The summed E-state index contributed by atoms with van der Waals surface area (Å²) in [6.07, 6.45) is 2.82. The number of hydrogen-bond acceptors (Lipinski definition) is 5. The minimum absolute atomic E-state index is 0.107. The average Bonchev–Trinajstić information content (AvgIpc) is 3.52. The Morgan fingerprint density at radius 2 is 1.74 bits per heavy atom. The second-order valence-electron chi connectivity index (χ2n) is 7.92. The molecule has 0 saturated heterocycles. The summed E-state index contributed by atoms with van der Waals surface area (Å²) < 4.78 is 11.6. The third kappa shape index (κ3) is 5.88. The van der Waals surface area contributed by atoms with Gasteiger partial charge in [0.05, 0.1) is 15.1 Å². The Kier molecular flexibility index (Phi) is 7.74. The van der Waals surface area contributed by atoms with Crippen molar-refractivity contribution in [1.29, 1.82) is 0 Å². The first-order valence-corrected chi connectivity index (χ1v) is 12.9. The molecule has 2 N–H and O–H groups in total. The lowest BCUT2D eigenvalue weighted by molar-refractivity contribution is -0.115. The van der Waals surface area contributed by atoms with Gasteiger partial charge in [-0.25, -0.2) is 4.98 Å². The Labute approximate surface area is 242 Å². The van der Waals surface area contributed by atoms with Crippen LogP contribution in [0.5, 0.6) is 0 Å². The molecule has 6 nitrogen and oxygen atoms in total. The van der Waals surface area contributed by atoms with E-state index in [-0.39, 0.29) is 5.11 Å². The maximum atomic E-state index is 12.4. The molecule has 0 aliphatic rings. The van der Waals surface area contributed by atoms with Gasteiger partial charge in [-0.3, -0.25) is 10.1 Å². The molecule has 190 valence electrons. The van der Waals surface area contributed by atoms with Crippen LogP contribution in [0, 0.1) is 0 Å². The number of rotatable bonds is 5. The molecule has 11 heteroatoms. The molecule has 0 saturated carbocycles. The molecule has 0 aliphatic heterocycles. The Morgan fingerprint density at radius 1 is 0.921 bits per heavy atom. The van der Waals surface area contributed by atoms with Crippen LogP contribution < -0.4 is 10.6 Å². The first-order chi connectivity index (χ1) is 18.3. The lowest BCUT2D eigenvalue weighted by Crippen LogP contribution is -2.32. The summed E-state index contributed by atoms with van der Waals surface area (Å²) in [4.78, 5) is 16.8. The highest BCUT2D eigenvalue weighted by atomic mass is 35.5. The van der Waals surface area contributed by atoms with Crippen molar-refractivity contribution in [2.24, 2.45) is 0 Å². The molecule has 2 heterocycles. The second-order valence-corrected chi connectivity index (χ2v) is 9.95. The highest BCUT2D eigenvalue weighted by Gasteiger charge is 2.14. The van der Waals surface area contributed by atoms with Crippen LogP contribution in [0.2, 0.25) is 20.1 Å². The zero-order chi connectivity index (χ0) is 26.8. The highest BCUT2D eigenvalue weighted by Crippen LogP contribution is 2.35. The zero-order valence-electron chi connectivity index (χ0n) is 19.1. The number of oxazole rings is 1. The van der Waals surface area contributed by atoms with Crippen molar-refractivity contribution >= 4 is 92.5 Å². The summed E-state index contributed by atoms with van der Waals surface area (Å²) in [7, 11) is 0. The number of fused-ring (bicyclic) bond motifs is 1. The summed E-state index contributed by atoms with van der Waals surface area (Å²) in [5.41, 5.74) is 2.95. The fraction of sp³-hybridized carbons (Fsp3) is 0. The van der Waals surface area contributed by atoms with Crippen LogP contribution in [0.4, 0.5) is 5.69 Å². The first-order valence-electron chi connectivity index (χ1n) is 11.0. The minimum Gasteiger partial charge on any atom is -0.457 e. The van der Waals surface area contributed by atoms with Gasteiger partial charge in [-0.1, -0.05) is 58.5 Å². The third-order valence-electron chi connectivity index (χ3n) is 5.26. The van der Waals surface area contributed by atoms with Crippen LogP contribution in [0.25, 0.3) is 40.0 Å². The lowest BCUT2D eigenvalue weighted by atomic mass is 10.2. The van der Waals surface area contributed by atoms with Gasteiger partial charge < -0.3 is 14.2 Å². The van der Waals surface area contributed by atoms with Gasteiger partial charge in [0.1, 0.15) is 17.0 Å². The molecule has 1 amide bonds. The summed E-state index contributed by atoms with van der Waals surface area (Å²) in [6.45, 7) is 0. The monoisotopic (exact) mass is 601 g/mol. The Hall–Kier alpha value is -3.33. The fourth-order valence-corrected chi connectivity index (χ4v) is 4.70. The van der Waals surface area contributed by atoms with E-state index in [1.54, 1.807) is 60.7 Å². The van der Waals surface area contributed by atoms with E-state index in [1.807, 2.05) is 6.07 Å². The predicted octanol–water partition coefficient (Wildman–Crippen LogP) is 8.89. The molecule has 5 aromatic rings. The SMILES string of the molecule is O=C(C=Cc1ccc(-c2cccc(Cl)c2Cl)o1)NC(=S)Nc1cccc(-c2nc3cc(Cl)cc(Cl)c3o2)c1. The number of benzene rings is 3. The van der Waals surface area contributed by atoms with E-state index < -0.39 is 5.91 Å². The van der Waals surface area contributed by atoms with Crippen LogP contribution >= 0.6 is 58.6 Å². The minimum atomic E-state index is -0.442. The topological polar surface area (TPSA) is 80.3 Å². The van der Waals surface area contributed by atoms with Gasteiger partial charge in [0, 0.05) is 27.9 Å². The molecule has 0 unspecified atom stereocenters. The smallest absolute Gasteiger partial charge is 0.250 e. The van der Waals surface area contributed by atoms with Crippen LogP contribution in [0.3, 0.4) is 0 Å². The molecule has 38 heavy (non-hydrogen) atoms. The van der Waals surface area contributed by atoms with Crippen molar-refractivity contribution in [3.63, 3.8) is 0 Å². The van der Waals surface area contributed by atoms with Crippen LogP contribution in [-0.4, -0.2) is 16.0 Å². The largest absolute Gasteiger partial charge is 0.457 e. The average molecular weight is 603 g/mol. The predicted molar refractivity (Wildman–Crippen MR) is 157 cm³/mol. The van der Waals surface area contributed by atoms with Gasteiger partial charge in [-0.15, -0.1) is 0 Å². The van der Waals surface area contributed by atoms with E-state index in [2.05, 4.69) is 15.6 Å².